The molecule has 1 saturated carbocycles. The number of hydrogen-bond acceptors (Lipinski definition) is 4. The molecule has 2 aliphatic rings. The standard InChI is InChI=1S/C22H21N3O4/c26-20(23-10-7-14-12-24-17-4-2-1-3-16(14)17)22(8-9-22)21(27)25-15-5-6-18-19(11-15)29-13-28-18/h1-6,11-12,24H,7-10,13H2,(H,23,26)(H,25,27). The summed E-state index contributed by atoms with van der Waals surface area (Å²) in [5, 5.41) is 6.94. The van der Waals surface area contributed by atoms with Crippen LogP contribution in [0.15, 0.2) is 48.7 Å². The predicted molar refractivity (Wildman–Crippen MR) is 108 cm³/mol. The van der Waals surface area contributed by atoms with Gasteiger partial charge in [0, 0.05) is 35.4 Å². The molecular formula is C22H21N3O4. The van der Waals surface area contributed by atoms with E-state index in [2.05, 4.69) is 21.7 Å². The molecule has 1 aromatic heterocycles. The molecule has 3 N–H and O–H groups in total. The van der Waals surface area contributed by atoms with E-state index in [1.54, 1.807) is 18.2 Å². The van der Waals surface area contributed by atoms with Crippen molar-refractivity contribution < 1.29 is 19.1 Å². The molecule has 0 unspecified atom stereocenters. The highest BCUT2D eigenvalue weighted by Gasteiger charge is 2.56. The second-order valence-electron chi connectivity index (χ2n) is 7.47. The van der Waals surface area contributed by atoms with E-state index < -0.39 is 5.41 Å². The van der Waals surface area contributed by atoms with Crippen LogP contribution in [0.2, 0.25) is 0 Å². The maximum atomic E-state index is 12.8. The molecule has 2 aromatic carbocycles. The number of aromatic nitrogens is 1. The highest BCUT2D eigenvalue weighted by Crippen LogP contribution is 2.47. The van der Waals surface area contributed by atoms with Gasteiger partial charge in [0.05, 0.1) is 0 Å². The minimum atomic E-state index is -0.976. The summed E-state index contributed by atoms with van der Waals surface area (Å²) in [4.78, 5) is 28.7. The van der Waals surface area contributed by atoms with Gasteiger partial charge in [-0.25, -0.2) is 0 Å². The monoisotopic (exact) mass is 391 g/mol. The van der Waals surface area contributed by atoms with E-state index in [0.717, 1.165) is 16.5 Å². The number of rotatable bonds is 6. The molecule has 5 rings (SSSR count). The van der Waals surface area contributed by atoms with Crippen LogP contribution < -0.4 is 20.1 Å². The summed E-state index contributed by atoms with van der Waals surface area (Å²) in [5.74, 6) is 0.756. The lowest BCUT2D eigenvalue weighted by Crippen LogP contribution is -2.40. The molecule has 0 spiro atoms. The number of aromatic amines is 1. The van der Waals surface area contributed by atoms with E-state index in [0.29, 0.717) is 43.0 Å². The van der Waals surface area contributed by atoms with Gasteiger partial charge in [0.25, 0.3) is 0 Å². The lowest BCUT2D eigenvalue weighted by Gasteiger charge is -2.15. The molecule has 2 amide bonds. The minimum Gasteiger partial charge on any atom is -0.454 e. The Balaban J connectivity index is 1.19. The van der Waals surface area contributed by atoms with Crippen LogP contribution in [0, 0.1) is 5.41 Å². The van der Waals surface area contributed by atoms with Gasteiger partial charge in [-0.15, -0.1) is 0 Å². The second-order valence-corrected chi connectivity index (χ2v) is 7.47. The predicted octanol–water partition coefficient (Wildman–Crippen LogP) is 2.97. The van der Waals surface area contributed by atoms with Gasteiger partial charge in [-0.2, -0.15) is 0 Å². The Bertz CT molecular complexity index is 1100. The molecular weight excluding hydrogens is 370 g/mol. The van der Waals surface area contributed by atoms with Crippen molar-refractivity contribution in [3.63, 3.8) is 0 Å². The quantitative estimate of drug-likeness (QED) is 0.563. The molecule has 1 aliphatic carbocycles. The van der Waals surface area contributed by atoms with Crippen molar-refractivity contribution in [3.05, 3.63) is 54.2 Å². The van der Waals surface area contributed by atoms with Gasteiger partial charge < -0.3 is 25.1 Å². The zero-order valence-corrected chi connectivity index (χ0v) is 15.8. The fourth-order valence-electron chi connectivity index (χ4n) is 3.73. The Morgan fingerprint density at radius 2 is 1.86 bits per heavy atom. The Labute approximate surface area is 167 Å². The maximum Gasteiger partial charge on any atom is 0.240 e. The zero-order valence-electron chi connectivity index (χ0n) is 15.8. The summed E-state index contributed by atoms with van der Waals surface area (Å²) in [7, 11) is 0. The van der Waals surface area contributed by atoms with Crippen LogP contribution in [0.25, 0.3) is 10.9 Å². The van der Waals surface area contributed by atoms with Crippen molar-refractivity contribution in [2.45, 2.75) is 19.3 Å². The molecule has 3 aromatic rings. The first-order chi connectivity index (χ1) is 14.2. The molecule has 0 saturated heterocycles. The summed E-state index contributed by atoms with van der Waals surface area (Å²) in [6.07, 6.45) is 3.79. The van der Waals surface area contributed by atoms with E-state index in [4.69, 9.17) is 9.47 Å². The van der Waals surface area contributed by atoms with E-state index in [9.17, 15) is 9.59 Å². The molecule has 1 fully saturated rings. The number of anilines is 1. The van der Waals surface area contributed by atoms with Crippen LogP contribution in [-0.4, -0.2) is 30.1 Å². The molecule has 0 radical (unpaired) electrons. The van der Waals surface area contributed by atoms with Crippen molar-refractivity contribution in [1.29, 1.82) is 0 Å². The molecule has 1 aliphatic heterocycles. The third-order valence-corrected chi connectivity index (χ3v) is 5.60. The minimum absolute atomic E-state index is 0.176. The number of amides is 2. The number of hydrogen-bond donors (Lipinski definition) is 3. The maximum absolute atomic E-state index is 12.8. The van der Waals surface area contributed by atoms with Crippen molar-refractivity contribution in [2.75, 3.05) is 18.7 Å². The van der Waals surface area contributed by atoms with Gasteiger partial charge in [0.1, 0.15) is 5.41 Å². The number of carbonyl (C=O) groups is 2. The number of para-hydroxylation sites is 1. The largest absolute Gasteiger partial charge is 0.454 e. The summed E-state index contributed by atoms with van der Waals surface area (Å²) in [6, 6.07) is 13.3. The number of benzene rings is 2. The Morgan fingerprint density at radius 1 is 1.03 bits per heavy atom. The van der Waals surface area contributed by atoms with E-state index in [-0.39, 0.29) is 18.6 Å². The number of H-pyrrole nitrogens is 1. The zero-order chi connectivity index (χ0) is 19.8. The van der Waals surface area contributed by atoms with Crippen LogP contribution in [0.1, 0.15) is 18.4 Å². The Hall–Kier alpha value is -3.48. The molecule has 0 bridgehead atoms. The van der Waals surface area contributed by atoms with E-state index >= 15 is 0 Å². The summed E-state index contributed by atoms with van der Waals surface area (Å²) >= 11 is 0. The normalized spacial score (nSPS) is 15.9. The summed E-state index contributed by atoms with van der Waals surface area (Å²) in [5.41, 5.74) is 1.85. The van der Waals surface area contributed by atoms with Gasteiger partial charge in [-0.05, 0) is 43.0 Å². The molecule has 0 atom stereocenters. The first-order valence-corrected chi connectivity index (χ1v) is 9.70. The smallest absolute Gasteiger partial charge is 0.240 e. The third kappa shape index (κ3) is 3.18. The fourth-order valence-corrected chi connectivity index (χ4v) is 3.73. The highest BCUT2D eigenvalue weighted by atomic mass is 16.7. The van der Waals surface area contributed by atoms with Crippen LogP contribution in [0.3, 0.4) is 0 Å². The molecule has 2 heterocycles. The van der Waals surface area contributed by atoms with Crippen LogP contribution in [0.5, 0.6) is 11.5 Å². The highest BCUT2D eigenvalue weighted by molar-refractivity contribution is 6.13. The van der Waals surface area contributed by atoms with E-state index in [1.807, 2.05) is 24.4 Å². The third-order valence-electron chi connectivity index (χ3n) is 5.60. The topological polar surface area (TPSA) is 92.5 Å². The average Bonchev–Trinajstić information content (AvgIpc) is 3.26. The first-order valence-electron chi connectivity index (χ1n) is 9.70. The van der Waals surface area contributed by atoms with E-state index in [1.165, 1.54) is 0 Å². The molecule has 148 valence electrons. The number of fused-ring (bicyclic) bond motifs is 2. The van der Waals surface area contributed by atoms with Crippen molar-refractivity contribution in [3.8, 4) is 11.5 Å². The number of nitrogens with one attached hydrogen (secondary N) is 3. The lowest BCUT2D eigenvalue weighted by molar-refractivity contribution is -0.134. The van der Waals surface area contributed by atoms with Gasteiger partial charge >= 0.3 is 0 Å². The average molecular weight is 391 g/mol. The Kier molecular flexibility index (Phi) is 4.16. The van der Waals surface area contributed by atoms with Crippen molar-refractivity contribution >= 4 is 28.4 Å². The van der Waals surface area contributed by atoms with Crippen molar-refractivity contribution in [2.24, 2.45) is 5.41 Å². The van der Waals surface area contributed by atoms with Crippen LogP contribution >= 0.6 is 0 Å². The van der Waals surface area contributed by atoms with Crippen LogP contribution in [0.4, 0.5) is 5.69 Å². The second kappa shape index (κ2) is 6.84. The Morgan fingerprint density at radius 3 is 2.72 bits per heavy atom. The number of carbonyl (C=O) groups excluding carboxylic acids is 2. The molecule has 7 nitrogen and oxygen atoms in total. The summed E-state index contributed by atoms with van der Waals surface area (Å²) in [6.45, 7) is 0.662. The van der Waals surface area contributed by atoms with Gasteiger partial charge in [0.2, 0.25) is 18.6 Å². The molecule has 29 heavy (non-hydrogen) atoms. The first kappa shape index (κ1) is 17.6. The van der Waals surface area contributed by atoms with Gasteiger partial charge in [-0.1, -0.05) is 18.2 Å². The van der Waals surface area contributed by atoms with Gasteiger partial charge in [-0.3, -0.25) is 9.59 Å². The van der Waals surface area contributed by atoms with Crippen LogP contribution in [-0.2, 0) is 16.0 Å². The molecule has 7 heteroatoms. The SMILES string of the molecule is O=C(NCCc1c[nH]c2ccccc12)C1(C(=O)Nc2ccc3c(c2)OCO3)CC1. The fraction of sp³-hybridized carbons (Fsp3) is 0.273. The van der Waals surface area contributed by atoms with Crippen molar-refractivity contribution in [1.82, 2.24) is 10.3 Å². The van der Waals surface area contributed by atoms with Gasteiger partial charge in [0.15, 0.2) is 11.5 Å². The lowest BCUT2D eigenvalue weighted by atomic mass is 10.0. The summed E-state index contributed by atoms with van der Waals surface area (Å²) < 4.78 is 10.6. The number of ether oxygens (including phenoxy) is 2.